The van der Waals surface area contributed by atoms with Crippen LogP contribution in [0.4, 0.5) is 0 Å². The number of methoxy groups -OCH3 is 1. The molecule has 2 N–H and O–H groups in total. The summed E-state index contributed by atoms with van der Waals surface area (Å²) >= 11 is 0. The van der Waals surface area contributed by atoms with Gasteiger partial charge >= 0.3 is 0 Å². The first-order valence-corrected chi connectivity index (χ1v) is 3.99. The molecule has 0 radical (unpaired) electrons. The van der Waals surface area contributed by atoms with E-state index < -0.39 is 11.9 Å². The van der Waals surface area contributed by atoms with Crippen LogP contribution in [0.3, 0.4) is 0 Å². The third kappa shape index (κ3) is 1.46. The molecule has 0 amide bonds. The SMILES string of the molecule is CCO[C@@]1(OC)/C(=N/O)C=C[C@H]1O. The van der Waals surface area contributed by atoms with E-state index in [1.54, 1.807) is 6.92 Å². The second kappa shape index (κ2) is 3.87. The zero-order chi connectivity index (χ0) is 9.90. The van der Waals surface area contributed by atoms with Crippen molar-refractivity contribution in [3.8, 4) is 0 Å². The number of aliphatic hydroxyl groups is 1. The van der Waals surface area contributed by atoms with Crippen LogP contribution >= 0.6 is 0 Å². The van der Waals surface area contributed by atoms with Gasteiger partial charge in [-0.2, -0.15) is 0 Å². The van der Waals surface area contributed by atoms with Gasteiger partial charge in [-0.05, 0) is 19.1 Å². The summed E-state index contributed by atoms with van der Waals surface area (Å²) in [5.74, 6) is -1.34. The third-order valence-corrected chi connectivity index (χ3v) is 1.95. The molecule has 5 nitrogen and oxygen atoms in total. The molecule has 74 valence electrons. The fraction of sp³-hybridized carbons (Fsp3) is 0.625. The molecular formula is C8H13NO4. The molecule has 1 aliphatic carbocycles. The summed E-state index contributed by atoms with van der Waals surface area (Å²) in [4.78, 5) is 0. The number of nitrogens with zero attached hydrogens (tertiary/aromatic N) is 1. The van der Waals surface area contributed by atoms with Gasteiger partial charge in [0, 0.05) is 13.7 Å². The lowest BCUT2D eigenvalue weighted by atomic mass is 10.1. The number of oxime groups is 1. The quantitative estimate of drug-likeness (QED) is 0.374. The van der Waals surface area contributed by atoms with Gasteiger partial charge in [-0.15, -0.1) is 0 Å². The van der Waals surface area contributed by atoms with Crippen molar-refractivity contribution in [2.75, 3.05) is 13.7 Å². The molecule has 0 saturated heterocycles. The van der Waals surface area contributed by atoms with Crippen LogP contribution in [0.25, 0.3) is 0 Å². The summed E-state index contributed by atoms with van der Waals surface area (Å²) in [5, 5.41) is 21.2. The smallest absolute Gasteiger partial charge is 0.246 e. The largest absolute Gasteiger partial charge is 0.410 e. The lowest BCUT2D eigenvalue weighted by Crippen LogP contribution is -2.49. The van der Waals surface area contributed by atoms with Gasteiger partial charge in [0.15, 0.2) is 0 Å². The van der Waals surface area contributed by atoms with Crippen LogP contribution < -0.4 is 0 Å². The van der Waals surface area contributed by atoms with E-state index in [4.69, 9.17) is 14.7 Å². The molecule has 0 aliphatic heterocycles. The van der Waals surface area contributed by atoms with Crippen molar-refractivity contribution in [1.29, 1.82) is 0 Å². The first kappa shape index (κ1) is 10.2. The molecule has 0 unspecified atom stereocenters. The molecule has 2 atom stereocenters. The second-order valence-electron chi connectivity index (χ2n) is 2.59. The maximum Gasteiger partial charge on any atom is 0.246 e. The fourth-order valence-corrected chi connectivity index (χ4v) is 1.34. The Bertz CT molecular complexity index is 238. The Morgan fingerprint density at radius 2 is 2.38 bits per heavy atom. The maximum absolute atomic E-state index is 9.54. The summed E-state index contributed by atoms with van der Waals surface area (Å²) in [6.07, 6.45) is 1.97. The average Bonchev–Trinajstić information content (AvgIpc) is 2.45. The van der Waals surface area contributed by atoms with Crippen LogP contribution in [0.5, 0.6) is 0 Å². The van der Waals surface area contributed by atoms with Crippen molar-refractivity contribution in [2.24, 2.45) is 5.16 Å². The number of aliphatic hydroxyl groups excluding tert-OH is 1. The van der Waals surface area contributed by atoms with Crippen LogP contribution in [0.2, 0.25) is 0 Å². The lowest BCUT2D eigenvalue weighted by Gasteiger charge is -2.30. The van der Waals surface area contributed by atoms with Gasteiger partial charge in [0.1, 0.15) is 11.8 Å². The summed E-state index contributed by atoms with van der Waals surface area (Å²) in [6, 6.07) is 0. The first-order valence-electron chi connectivity index (χ1n) is 3.99. The van der Waals surface area contributed by atoms with Gasteiger partial charge in [0.05, 0.1) is 0 Å². The zero-order valence-electron chi connectivity index (χ0n) is 7.60. The first-order chi connectivity index (χ1) is 6.21. The Labute approximate surface area is 76.3 Å². The normalized spacial score (nSPS) is 35.9. The summed E-state index contributed by atoms with van der Waals surface area (Å²) in [6.45, 7) is 2.12. The van der Waals surface area contributed by atoms with Gasteiger partial charge < -0.3 is 19.8 Å². The van der Waals surface area contributed by atoms with E-state index in [-0.39, 0.29) is 5.71 Å². The molecule has 0 saturated carbocycles. The fourth-order valence-electron chi connectivity index (χ4n) is 1.34. The van der Waals surface area contributed by atoms with Gasteiger partial charge in [-0.1, -0.05) is 5.16 Å². The summed E-state index contributed by atoms with van der Waals surface area (Å²) in [5.41, 5.74) is 0.171. The molecule has 0 heterocycles. The molecule has 0 spiro atoms. The summed E-state index contributed by atoms with van der Waals surface area (Å²) < 4.78 is 10.3. The van der Waals surface area contributed by atoms with E-state index in [1.165, 1.54) is 19.3 Å². The highest BCUT2D eigenvalue weighted by Gasteiger charge is 2.46. The average molecular weight is 187 g/mol. The molecule has 13 heavy (non-hydrogen) atoms. The van der Waals surface area contributed by atoms with E-state index in [0.717, 1.165) is 0 Å². The van der Waals surface area contributed by atoms with Crippen molar-refractivity contribution in [3.05, 3.63) is 12.2 Å². The second-order valence-corrected chi connectivity index (χ2v) is 2.59. The molecule has 5 heteroatoms. The van der Waals surface area contributed by atoms with Crippen molar-refractivity contribution in [2.45, 2.75) is 18.8 Å². The van der Waals surface area contributed by atoms with E-state index >= 15 is 0 Å². The van der Waals surface area contributed by atoms with Crippen LogP contribution in [-0.4, -0.2) is 41.6 Å². The molecule has 0 aromatic rings. The minimum absolute atomic E-state index is 0.171. The molecular weight excluding hydrogens is 174 g/mol. The Kier molecular flexibility index (Phi) is 3.02. The number of hydrogen-bond acceptors (Lipinski definition) is 5. The monoisotopic (exact) mass is 187 g/mol. The van der Waals surface area contributed by atoms with E-state index in [9.17, 15) is 5.11 Å². The predicted molar refractivity (Wildman–Crippen MR) is 45.7 cm³/mol. The molecule has 1 rings (SSSR count). The Balaban J connectivity index is 2.95. The Morgan fingerprint density at radius 1 is 1.69 bits per heavy atom. The number of rotatable bonds is 3. The van der Waals surface area contributed by atoms with Gasteiger partial charge in [-0.25, -0.2) is 0 Å². The topological polar surface area (TPSA) is 71.3 Å². The highest BCUT2D eigenvalue weighted by Crippen LogP contribution is 2.26. The maximum atomic E-state index is 9.54. The standard InChI is InChI=1S/C8H13NO4/c1-3-13-8(12-2)6(9-11)4-5-7(8)10/h4-5,7,10-11H,3H2,1-2H3/b9-6+/t7-,8+/m1/s1. The van der Waals surface area contributed by atoms with Crippen molar-refractivity contribution < 1.29 is 19.8 Å². The van der Waals surface area contributed by atoms with Crippen LogP contribution in [0, 0.1) is 0 Å². The molecule has 0 aromatic carbocycles. The lowest BCUT2D eigenvalue weighted by molar-refractivity contribution is -0.208. The van der Waals surface area contributed by atoms with Gasteiger partial charge in [0.25, 0.3) is 0 Å². The van der Waals surface area contributed by atoms with Crippen LogP contribution in [0.1, 0.15) is 6.92 Å². The summed E-state index contributed by atoms with van der Waals surface area (Å²) in [7, 11) is 1.39. The van der Waals surface area contributed by atoms with E-state index in [2.05, 4.69) is 5.16 Å². The zero-order valence-corrected chi connectivity index (χ0v) is 7.60. The highest BCUT2D eigenvalue weighted by molar-refractivity contribution is 6.03. The number of ether oxygens (including phenoxy) is 2. The Hall–Kier alpha value is -0.910. The van der Waals surface area contributed by atoms with Crippen molar-refractivity contribution >= 4 is 5.71 Å². The Morgan fingerprint density at radius 3 is 2.85 bits per heavy atom. The predicted octanol–water partition coefficient (Wildman–Crippen LogP) is 0.126. The molecule has 0 fully saturated rings. The highest BCUT2D eigenvalue weighted by atomic mass is 16.7. The minimum Gasteiger partial charge on any atom is -0.410 e. The van der Waals surface area contributed by atoms with Gasteiger partial charge in [-0.3, -0.25) is 0 Å². The van der Waals surface area contributed by atoms with Crippen LogP contribution in [0.15, 0.2) is 17.3 Å². The van der Waals surface area contributed by atoms with Crippen molar-refractivity contribution in [3.63, 3.8) is 0 Å². The third-order valence-electron chi connectivity index (χ3n) is 1.95. The number of hydrogen-bond donors (Lipinski definition) is 2. The minimum atomic E-state index is -1.34. The van der Waals surface area contributed by atoms with Gasteiger partial charge in [0.2, 0.25) is 5.79 Å². The molecule has 0 aromatic heterocycles. The molecule has 1 aliphatic rings. The molecule has 0 bridgehead atoms. The van der Waals surface area contributed by atoms with E-state index in [1.807, 2.05) is 0 Å². The van der Waals surface area contributed by atoms with E-state index in [0.29, 0.717) is 6.61 Å². The van der Waals surface area contributed by atoms with Crippen molar-refractivity contribution in [1.82, 2.24) is 0 Å². The van der Waals surface area contributed by atoms with Crippen LogP contribution in [-0.2, 0) is 9.47 Å².